The van der Waals surface area contributed by atoms with Crippen LogP contribution in [0.15, 0.2) is 6.20 Å². The molecule has 90 valence electrons. The lowest BCUT2D eigenvalue weighted by Crippen LogP contribution is -2.14. The first-order chi connectivity index (χ1) is 7.29. The van der Waals surface area contributed by atoms with Crippen LogP contribution in [0.25, 0.3) is 0 Å². The summed E-state index contributed by atoms with van der Waals surface area (Å²) in [5.41, 5.74) is 1.63. The molecule has 3 N–H and O–H groups in total. The van der Waals surface area contributed by atoms with Gasteiger partial charge >= 0.3 is 6.18 Å². The zero-order valence-corrected chi connectivity index (χ0v) is 7.72. The third kappa shape index (κ3) is 2.21. The molecule has 16 heavy (non-hydrogen) atoms. The molecule has 3 nitrogen and oxygen atoms in total. The molecule has 1 heterocycles. The quantitative estimate of drug-likeness (QED) is 0.781. The molecule has 0 atom stereocenters. The second-order valence-electron chi connectivity index (χ2n) is 2.91. The summed E-state index contributed by atoms with van der Waals surface area (Å²) in [6.07, 6.45) is -7.76. The second kappa shape index (κ2) is 4.20. The van der Waals surface area contributed by atoms with Crippen LogP contribution in [-0.2, 0) is 12.8 Å². The topological polar surface area (TPSA) is 59.1 Å². The molecular formula is C8H7F5N2O. The molecule has 0 aromatic carbocycles. The van der Waals surface area contributed by atoms with Crippen molar-refractivity contribution in [2.45, 2.75) is 19.2 Å². The van der Waals surface area contributed by atoms with Crippen molar-refractivity contribution in [1.29, 1.82) is 0 Å². The van der Waals surface area contributed by atoms with E-state index in [-0.39, 0.29) is 0 Å². The summed E-state index contributed by atoms with van der Waals surface area (Å²) in [5.74, 6) is -0.716. The molecule has 0 aliphatic heterocycles. The van der Waals surface area contributed by atoms with E-state index in [1.165, 1.54) is 0 Å². The van der Waals surface area contributed by atoms with E-state index >= 15 is 0 Å². The van der Waals surface area contributed by atoms with Crippen LogP contribution in [0, 0.1) is 0 Å². The maximum absolute atomic E-state index is 12.4. The molecule has 0 fully saturated rings. The van der Waals surface area contributed by atoms with Crippen molar-refractivity contribution in [1.82, 2.24) is 4.98 Å². The number of pyridine rings is 1. The van der Waals surface area contributed by atoms with Gasteiger partial charge in [-0.15, -0.1) is 0 Å². The fourth-order valence-corrected chi connectivity index (χ4v) is 1.24. The number of anilines is 1. The third-order valence-corrected chi connectivity index (χ3v) is 1.94. The summed E-state index contributed by atoms with van der Waals surface area (Å²) in [5, 5.41) is 8.72. The van der Waals surface area contributed by atoms with Crippen molar-refractivity contribution in [3.63, 3.8) is 0 Å². The molecule has 0 aliphatic carbocycles. The Labute approximate surface area is 86.7 Å². The number of nitrogen functional groups attached to an aromatic ring is 1. The first-order valence-corrected chi connectivity index (χ1v) is 4.02. The number of aliphatic hydroxyl groups is 1. The highest BCUT2D eigenvalue weighted by Gasteiger charge is 2.36. The average Bonchev–Trinajstić information content (AvgIpc) is 2.14. The van der Waals surface area contributed by atoms with Gasteiger partial charge in [0.1, 0.15) is 5.82 Å². The number of halogens is 5. The second-order valence-corrected chi connectivity index (χ2v) is 2.91. The van der Waals surface area contributed by atoms with Gasteiger partial charge in [-0.05, 0) is 0 Å². The summed E-state index contributed by atoms with van der Waals surface area (Å²) in [7, 11) is 0. The number of rotatable bonds is 2. The summed E-state index contributed by atoms with van der Waals surface area (Å²) < 4.78 is 62.0. The van der Waals surface area contributed by atoms with Gasteiger partial charge < -0.3 is 10.8 Å². The molecule has 0 radical (unpaired) electrons. The monoisotopic (exact) mass is 242 g/mol. The molecular weight excluding hydrogens is 235 g/mol. The van der Waals surface area contributed by atoms with E-state index < -0.39 is 41.7 Å². The van der Waals surface area contributed by atoms with Crippen molar-refractivity contribution in [3.8, 4) is 0 Å². The summed E-state index contributed by atoms with van der Waals surface area (Å²) in [6.45, 7) is -1.18. The minimum Gasteiger partial charge on any atom is -0.392 e. The molecule has 0 spiro atoms. The van der Waals surface area contributed by atoms with Gasteiger partial charge in [-0.25, -0.2) is 13.8 Å². The molecule has 0 saturated heterocycles. The van der Waals surface area contributed by atoms with Crippen LogP contribution in [0.2, 0.25) is 0 Å². The van der Waals surface area contributed by atoms with Crippen LogP contribution in [0.1, 0.15) is 23.1 Å². The van der Waals surface area contributed by atoms with Crippen molar-refractivity contribution < 1.29 is 27.1 Å². The number of nitrogens with two attached hydrogens (primary N) is 1. The lowest BCUT2D eigenvalue weighted by Gasteiger charge is -2.15. The number of alkyl halides is 5. The molecule has 1 aromatic heterocycles. The maximum atomic E-state index is 12.4. The standard InChI is InChI=1S/C8H7F5N2O/c9-6(10)5-3(2-16)4(8(11,12)13)1-15-7(5)14/h1,6,16H,2H2,(H2,14,15). The van der Waals surface area contributed by atoms with E-state index in [9.17, 15) is 22.0 Å². The van der Waals surface area contributed by atoms with Gasteiger partial charge in [-0.3, -0.25) is 0 Å². The Hall–Kier alpha value is -1.44. The van der Waals surface area contributed by atoms with Crippen LogP contribution in [0.5, 0.6) is 0 Å². The van der Waals surface area contributed by atoms with Crippen LogP contribution in [0.3, 0.4) is 0 Å². The zero-order valence-electron chi connectivity index (χ0n) is 7.72. The largest absolute Gasteiger partial charge is 0.418 e. The van der Waals surface area contributed by atoms with E-state index in [2.05, 4.69) is 4.98 Å². The van der Waals surface area contributed by atoms with Gasteiger partial charge in [-0.1, -0.05) is 0 Å². The van der Waals surface area contributed by atoms with E-state index in [4.69, 9.17) is 10.8 Å². The smallest absolute Gasteiger partial charge is 0.392 e. The molecule has 0 bridgehead atoms. The highest BCUT2D eigenvalue weighted by atomic mass is 19.4. The average molecular weight is 242 g/mol. The molecule has 0 saturated carbocycles. The Morgan fingerprint density at radius 3 is 2.31 bits per heavy atom. The van der Waals surface area contributed by atoms with Gasteiger partial charge in [0, 0.05) is 11.8 Å². The fourth-order valence-electron chi connectivity index (χ4n) is 1.24. The molecule has 1 rings (SSSR count). The number of aromatic nitrogens is 1. The Balaban J connectivity index is 3.49. The lowest BCUT2D eigenvalue weighted by molar-refractivity contribution is -0.139. The number of aliphatic hydroxyl groups excluding tert-OH is 1. The minimum atomic E-state index is -4.86. The molecule has 0 unspecified atom stereocenters. The highest BCUT2D eigenvalue weighted by Crippen LogP contribution is 2.37. The molecule has 0 aliphatic rings. The molecule has 8 heteroatoms. The highest BCUT2D eigenvalue weighted by molar-refractivity contribution is 5.49. The predicted molar refractivity (Wildman–Crippen MR) is 44.5 cm³/mol. The van der Waals surface area contributed by atoms with Gasteiger partial charge in [0.25, 0.3) is 6.43 Å². The summed E-state index contributed by atoms with van der Waals surface area (Å²) in [4.78, 5) is 3.04. The first-order valence-electron chi connectivity index (χ1n) is 4.02. The van der Waals surface area contributed by atoms with Crippen molar-refractivity contribution in [2.24, 2.45) is 0 Å². The Bertz CT molecular complexity index is 391. The Kier molecular flexibility index (Phi) is 3.32. The minimum absolute atomic E-state index is 0.326. The van der Waals surface area contributed by atoms with E-state index in [0.717, 1.165) is 0 Å². The molecule has 1 aromatic rings. The van der Waals surface area contributed by atoms with Crippen LogP contribution < -0.4 is 5.73 Å². The van der Waals surface area contributed by atoms with Gasteiger partial charge in [-0.2, -0.15) is 13.2 Å². The number of hydrogen-bond donors (Lipinski definition) is 2. The van der Waals surface area contributed by atoms with Crippen LogP contribution in [0.4, 0.5) is 27.8 Å². The van der Waals surface area contributed by atoms with Crippen molar-refractivity contribution in [2.75, 3.05) is 5.73 Å². The summed E-state index contributed by atoms with van der Waals surface area (Å²) in [6, 6.07) is 0. The predicted octanol–water partition coefficient (Wildman–Crippen LogP) is 2.11. The van der Waals surface area contributed by atoms with E-state index in [0.29, 0.717) is 6.20 Å². The SMILES string of the molecule is Nc1ncc(C(F)(F)F)c(CO)c1C(F)F. The van der Waals surface area contributed by atoms with Crippen molar-refractivity contribution >= 4 is 5.82 Å². The molecule has 0 amide bonds. The summed E-state index contributed by atoms with van der Waals surface area (Å²) >= 11 is 0. The number of hydrogen-bond acceptors (Lipinski definition) is 3. The van der Waals surface area contributed by atoms with Gasteiger partial charge in [0.2, 0.25) is 0 Å². The normalized spacial score (nSPS) is 12.2. The first kappa shape index (κ1) is 12.6. The Morgan fingerprint density at radius 2 is 1.94 bits per heavy atom. The number of nitrogens with zero attached hydrogens (tertiary/aromatic N) is 1. The zero-order chi connectivity index (χ0) is 12.5. The van der Waals surface area contributed by atoms with Gasteiger partial charge in [0.15, 0.2) is 0 Å². The third-order valence-electron chi connectivity index (χ3n) is 1.94. The Morgan fingerprint density at radius 1 is 1.38 bits per heavy atom. The lowest BCUT2D eigenvalue weighted by atomic mass is 10.0. The van der Waals surface area contributed by atoms with Gasteiger partial charge in [0.05, 0.1) is 17.7 Å². The van der Waals surface area contributed by atoms with E-state index in [1.54, 1.807) is 0 Å². The van der Waals surface area contributed by atoms with Crippen molar-refractivity contribution in [3.05, 3.63) is 22.9 Å². The van der Waals surface area contributed by atoms with Crippen LogP contribution in [-0.4, -0.2) is 10.1 Å². The van der Waals surface area contributed by atoms with Crippen LogP contribution >= 0.6 is 0 Å². The maximum Gasteiger partial charge on any atom is 0.418 e. The fraction of sp³-hybridized carbons (Fsp3) is 0.375. The van der Waals surface area contributed by atoms with E-state index in [1.807, 2.05) is 0 Å².